The molecule has 1 heterocycles. The molecule has 0 fully saturated rings. The van der Waals surface area contributed by atoms with Crippen LogP contribution in [0.1, 0.15) is 33.0 Å². The van der Waals surface area contributed by atoms with E-state index in [1.54, 1.807) is 6.20 Å². The predicted molar refractivity (Wildman–Crippen MR) is 63.1 cm³/mol. The third-order valence-corrected chi connectivity index (χ3v) is 2.74. The molecule has 1 aromatic rings. The quantitative estimate of drug-likeness (QED) is 0.766. The molecule has 4 nitrogen and oxygen atoms in total. The van der Waals surface area contributed by atoms with Crippen LogP contribution < -0.4 is 0 Å². The molecule has 0 amide bonds. The summed E-state index contributed by atoms with van der Waals surface area (Å²) in [7, 11) is 0. The molecular weight excluding hydrogens is 204 g/mol. The molecule has 2 N–H and O–H groups in total. The van der Waals surface area contributed by atoms with Crippen molar-refractivity contribution in [1.82, 2.24) is 9.55 Å². The summed E-state index contributed by atoms with van der Waals surface area (Å²) in [5.41, 5.74) is 0. The van der Waals surface area contributed by atoms with Crippen molar-refractivity contribution in [3.8, 4) is 0 Å². The van der Waals surface area contributed by atoms with Crippen molar-refractivity contribution in [2.75, 3.05) is 0 Å². The molecule has 0 radical (unpaired) electrons. The molecule has 0 bridgehead atoms. The molecule has 2 atom stereocenters. The first-order valence-electron chi connectivity index (χ1n) is 5.92. The van der Waals surface area contributed by atoms with Crippen molar-refractivity contribution < 1.29 is 10.2 Å². The Hall–Kier alpha value is -0.870. The summed E-state index contributed by atoms with van der Waals surface area (Å²) in [5.74, 6) is 0.902. The summed E-state index contributed by atoms with van der Waals surface area (Å²) < 4.78 is 2.02. The lowest BCUT2D eigenvalue weighted by molar-refractivity contribution is -0.00866. The number of hydrogen-bond donors (Lipinski definition) is 2. The number of aryl methyl sites for hydroxylation is 1. The SMILES string of the molecule is CCCn1ccnc1CC(O)C(O)C(C)C. The van der Waals surface area contributed by atoms with Crippen molar-refractivity contribution in [2.45, 2.75) is 52.4 Å². The van der Waals surface area contributed by atoms with Gasteiger partial charge in [0.1, 0.15) is 5.82 Å². The van der Waals surface area contributed by atoms with E-state index in [2.05, 4.69) is 11.9 Å². The van der Waals surface area contributed by atoms with Gasteiger partial charge in [-0.2, -0.15) is 0 Å². The lowest BCUT2D eigenvalue weighted by Gasteiger charge is -2.21. The van der Waals surface area contributed by atoms with Gasteiger partial charge in [0.05, 0.1) is 12.2 Å². The van der Waals surface area contributed by atoms with Crippen LogP contribution in [0.3, 0.4) is 0 Å². The van der Waals surface area contributed by atoms with Crippen LogP contribution in [0, 0.1) is 5.92 Å². The second kappa shape index (κ2) is 6.01. The van der Waals surface area contributed by atoms with Crippen LogP contribution in [-0.2, 0) is 13.0 Å². The number of nitrogens with zero attached hydrogens (tertiary/aromatic N) is 2. The summed E-state index contributed by atoms with van der Waals surface area (Å²) in [4.78, 5) is 4.21. The van der Waals surface area contributed by atoms with E-state index in [1.165, 1.54) is 0 Å². The molecule has 1 aromatic heterocycles. The third-order valence-electron chi connectivity index (χ3n) is 2.74. The molecule has 0 saturated heterocycles. The van der Waals surface area contributed by atoms with Crippen LogP contribution in [0.5, 0.6) is 0 Å². The molecule has 1 rings (SSSR count). The van der Waals surface area contributed by atoms with Crippen molar-refractivity contribution in [3.63, 3.8) is 0 Å². The van der Waals surface area contributed by atoms with E-state index in [0.29, 0.717) is 6.42 Å². The Morgan fingerprint density at radius 1 is 1.38 bits per heavy atom. The lowest BCUT2D eigenvalue weighted by Crippen LogP contribution is -2.33. The molecule has 4 heteroatoms. The number of hydrogen-bond acceptors (Lipinski definition) is 3. The molecule has 0 aliphatic heterocycles. The highest BCUT2D eigenvalue weighted by atomic mass is 16.3. The normalized spacial score (nSPS) is 15.4. The van der Waals surface area contributed by atoms with Gasteiger partial charge in [0, 0.05) is 25.4 Å². The van der Waals surface area contributed by atoms with Gasteiger partial charge in [-0.25, -0.2) is 4.98 Å². The van der Waals surface area contributed by atoms with Crippen LogP contribution >= 0.6 is 0 Å². The molecule has 16 heavy (non-hydrogen) atoms. The second-order valence-electron chi connectivity index (χ2n) is 4.54. The molecule has 0 aromatic carbocycles. The number of aliphatic hydroxyl groups is 2. The molecular formula is C12H22N2O2. The monoisotopic (exact) mass is 226 g/mol. The number of aromatic nitrogens is 2. The van der Waals surface area contributed by atoms with Crippen LogP contribution in [0.4, 0.5) is 0 Å². The van der Waals surface area contributed by atoms with Gasteiger partial charge < -0.3 is 14.8 Å². The van der Waals surface area contributed by atoms with Crippen molar-refractivity contribution in [1.29, 1.82) is 0 Å². The Balaban J connectivity index is 2.61. The summed E-state index contributed by atoms with van der Waals surface area (Å²) >= 11 is 0. The first-order valence-corrected chi connectivity index (χ1v) is 5.92. The van der Waals surface area contributed by atoms with Gasteiger partial charge in [-0.1, -0.05) is 20.8 Å². The third kappa shape index (κ3) is 3.32. The number of imidazole rings is 1. The van der Waals surface area contributed by atoms with Crippen LogP contribution in [-0.4, -0.2) is 32.0 Å². The van der Waals surface area contributed by atoms with Crippen molar-refractivity contribution in [2.24, 2.45) is 5.92 Å². The fourth-order valence-electron chi connectivity index (χ4n) is 1.73. The molecule has 0 saturated carbocycles. The maximum Gasteiger partial charge on any atom is 0.111 e. The average Bonchev–Trinajstić information content (AvgIpc) is 2.65. The topological polar surface area (TPSA) is 58.3 Å². The Bertz CT molecular complexity index is 310. The molecule has 92 valence electrons. The van der Waals surface area contributed by atoms with Crippen LogP contribution in [0.2, 0.25) is 0 Å². The van der Waals surface area contributed by atoms with E-state index in [0.717, 1.165) is 18.8 Å². The van der Waals surface area contributed by atoms with E-state index in [4.69, 9.17) is 0 Å². The summed E-state index contributed by atoms with van der Waals surface area (Å²) in [5, 5.41) is 19.6. The maximum atomic E-state index is 9.85. The fourth-order valence-corrected chi connectivity index (χ4v) is 1.73. The average molecular weight is 226 g/mol. The van der Waals surface area contributed by atoms with Gasteiger partial charge in [-0.3, -0.25) is 0 Å². The Morgan fingerprint density at radius 3 is 2.62 bits per heavy atom. The molecule has 2 unspecified atom stereocenters. The highest BCUT2D eigenvalue weighted by molar-refractivity contribution is 4.95. The van der Waals surface area contributed by atoms with Gasteiger partial charge in [0.25, 0.3) is 0 Å². The zero-order valence-corrected chi connectivity index (χ0v) is 10.3. The summed E-state index contributed by atoms with van der Waals surface area (Å²) in [6.45, 7) is 6.79. The van der Waals surface area contributed by atoms with Gasteiger partial charge in [-0.05, 0) is 12.3 Å². The first-order chi connectivity index (χ1) is 7.56. The van der Waals surface area contributed by atoms with Gasteiger partial charge in [-0.15, -0.1) is 0 Å². The van der Waals surface area contributed by atoms with E-state index in [1.807, 2.05) is 24.6 Å². The molecule has 0 spiro atoms. The standard InChI is InChI=1S/C12H22N2O2/c1-4-6-14-7-5-13-11(14)8-10(15)12(16)9(2)3/h5,7,9-10,12,15-16H,4,6,8H2,1-3H3. The smallest absolute Gasteiger partial charge is 0.111 e. The second-order valence-corrected chi connectivity index (χ2v) is 4.54. The zero-order valence-electron chi connectivity index (χ0n) is 10.3. The summed E-state index contributed by atoms with van der Waals surface area (Å²) in [6, 6.07) is 0. The minimum Gasteiger partial charge on any atom is -0.390 e. The number of rotatable bonds is 6. The Labute approximate surface area is 96.9 Å². The van der Waals surface area contributed by atoms with Crippen molar-refractivity contribution >= 4 is 0 Å². The van der Waals surface area contributed by atoms with Crippen LogP contribution in [0.25, 0.3) is 0 Å². The minimum atomic E-state index is -0.738. The highest BCUT2D eigenvalue weighted by Gasteiger charge is 2.21. The van der Waals surface area contributed by atoms with Gasteiger partial charge in [0.2, 0.25) is 0 Å². The largest absolute Gasteiger partial charge is 0.390 e. The van der Waals surface area contributed by atoms with E-state index >= 15 is 0 Å². The molecule has 0 aliphatic carbocycles. The van der Waals surface area contributed by atoms with Gasteiger partial charge in [0.15, 0.2) is 0 Å². The fraction of sp³-hybridized carbons (Fsp3) is 0.750. The predicted octanol–water partition coefficient (Wildman–Crippen LogP) is 1.21. The minimum absolute atomic E-state index is 0.0598. The summed E-state index contributed by atoms with van der Waals surface area (Å²) in [6.07, 6.45) is 3.66. The molecule has 0 aliphatic rings. The highest BCUT2D eigenvalue weighted by Crippen LogP contribution is 2.11. The number of aliphatic hydroxyl groups excluding tert-OH is 2. The zero-order chi connectivity index (χ0) is 12.1. The lowest BCUT2D eigenvalue weighted by atomic mass is 9.99. The van der Waals surface area contributed by atoms with E-state index in [-0.39, 0.29) is 5.92 Å². The Morgan fingerprint density at radius 2 is 2.06 bits per heavy atom. The van der Waals surface area contributed by atoms with E-state index in [9.17, 15) is 10.2 Å². The maximum absolute atomic E-state index is 9.85. The van der Waals surface area contributed by atoms with Crippen molar-refractivity contribution in [3.05, 3.63) is 18.2 Å². The first kappa shape index (κ1) is 13.2. The van der Waals surface area contributed by atoms with Gasteiger partial charge >= 0.3 is 0 Å². The Kier molecular flexibility index (Phi) is 4.96. The van der Waals surface area contributed by atoms with E-state index < -0.39 is 12.2 Å². The van der Waals surface area contributed by atoms with Crippen LogP contribution in [0.15, 0.2) is 12.4 Å².